The van der Waals surface area contributed by atoms with Gasteiger partial charge in [0.1, 0.15) is 0 Å². The van der Waals surface area contributed by atoms with Gasteiger partial charge in [-0.2, -0.15) is 0 Å². The van der Waals surface area contributed by atoms with E-state index < -0.39 is 0 Å². The lowest BCUT2D eigenvalue weighted by molar-refractivity contribution is 0.283. The zero-order chi connectivity index (χ0) is 22.2. The first-order chi connectivity index (χ1) is 15.7. The average Bonchev–Trinajstić information content (AvgIpc) is 3.20. The quantitative estimate of drug-likeness (QED) is 0.302. The van der Waals surface area contributed by atoms with Crippen molar-refractivity contribution in [2.24, 2.45) is 0 Å². The number of thiazole rings is 1. The molecule has 2 aromatic heterocycles. The summed E-state index contributed by atoms with van der Waals surface area (Å²) < 4.78 is 1.24. The van der Waals surface area contributed by atoms with Crippen LogP contribution in [0, 0.1) is 0 Å². The third-order valence-electron chi connectivity index (χ3n) is 5.42. The van der Waals surface area contributed by atoms with Crippen molar-refractivity contribution in [3.63, 3.8) is 0 Å². The third-order valence-corrected chi connectivity index (χ3v) is 6.43. The summed E-state index contributed by atoms with van der Waals surface area (Å²) in [5.41, 5.74) is 5.63. The number of benzene rings is 2. The number of rotatable bonds is 11. The summed E-state index contributed by atoms with van der Waals surface area (Å²) in [6, 6.07) is 19.0. The molecular weight excluding hydrogens is 416 g/mol. The van der Waals surface area contributed by atoms with Gasteiger partial charge in [0.25, 0.3) is 0 Å². The zero-order valence-electron chi connectivity index (χ0n) is 18.6. The Kier molecular flexibility index (Phi) is 7.80. The van der Waals surface area contributed by atoms with Crippen molar-refractivity contribution >= 4 is 27.5 Å². The van der Waals surface area contributed by atoms with Crippen LogP contribution < -0.4 is 5.32 Å². The molecule has 0 aliphatic carbocycles. The molecule has 0 saturated heterocycles. The highest BCUT2D eigenvalue weighted by Crippen LogP contribution is 2.25. The summed E-state index contributed by atoms with van der Waals surface area (Å²) in [5.74, 6) is 0.673. The topological polar surface area (TPSA) is 70.9 Å². The molecule has 0 aliphatic rings. The molecule has 0 atom stereocenters. The van der Waals surface area contributed by atoms with Gasteiger partial charge in [0.15, 0.2) is 0 Å². The predicted molar refractivity (Wildman–Crippen MR) is 133 cm³/mol. The fourth-order valence-electron chi connectivity index (χ4n) is 3.70. The number of nitrogens with zero attached hydrogens (tertiary/aromatic N) is 3. The fourth-order valence-corrected chi connectivity index (χ4v) is 4.75. The number of fused-ring (bicyclic) bond motifs is 1. The Balaban J connectivity index is 1.55. The number of nitrogens with one attached hydrogen (secondary N) is 1. The largest absolute Gasteiger partial charge is 0.396 e. The lowest BCUT2D eigenvalue weighted by Gasteiger charge is -2.10. The van der Waals surface area contributed by atoms with Crippen LogP contribution in [0.1, 0.15) is 53.7 Å². The van der Waals surface area contributed by atoms with Gasteiger partial charge in [-0.05, 0) is 55.0 Å². The van der Waals surface area contributed by atoms with Gasteiger partial charge in [-0.3, -0.25) is 0 Å². The molecule has 0 fully saturated rings. The number of aliphatic hydroxyl groups is 1. The van der Waals surface area contributed by atoms with Crippen molar-refractivity contribution in [1.82, 2.24) is 15.0 Å². The molecule has 2 N–H and O–H groups in total. The summed E-state index contributed by atoms with van der Waals surface area (Å²) in [6.45, 7) is 3.22. The number of hydrogen-bond donors (Lipinski definition) is 2. The Morgan fingerprint density at radius 3 is 2.44 bits per heavy atom. The molecule has 2 aromatic carbocycles. The zero-order valence-corrected chi connectivity index (χ0v) is 19.4. The molecule has 0 aliphatic heterocycles. The molecule has 4 aromatic rings. The molecule has 2 heterocycles. The second-order valence-electron chi connectivity index (χ2n) is 7.99. The van der Waals surface area contributed by atoms with Crippen LogP contribution in [0.4, 0.5) is 5.95 Å². The van der Waals surface area contributed by atoms with Crippen molar-refractivity contribution in [3.8, 4) is 0 Å². The average molecular weight is 447 g/mol. The molecule has 0 amide bonds. The van der Waals surface area contributed by atoms with E-state index in [4.69, 9.17) is 20.1 Å². The standard InChI is InChI=1S/C26H30N4OS/c1-2-19-11-12-23-24(16-19)32-25(30-23)18-22-17-21(15-20-9-5-3-6-10-20)28-26(29-22)27-13-7-4-8-14-31/h3,5-6,9-12,16-17,31H,2,4,7-8,13-15,18H2,1H3,(H,27,28,29). The molecule has 0 radical (unpaired) electrons. The lowest BCUT2D eigenvalue weighted by Crippen LogP contribution is -2.09. The van der Waals surface area contributed by atoms with E-state index in [2.05, 4.69) is 60.8 Å². The second kappa shape index (κ2) is 11.2. The lowest BCUT2D eigenvalue weighted by atomic mass is 10.1. The number of hydrogen-bond acceptors (Lipinski definition) is 6. The fraction of sp³-hybridized carbons (Fsp3) is 0.346. The Morgan fingerprint density at radius 1 is 0.844 bits per heavy atom. The van der Waals surface area contributed by atoms with Crippen molar-refractivity contribution < 1.29 is 5.11 Å². The Bertz CT molecular complexity index is 1140. The maximum Gasteiger partial charge on any atom is 0.223 e. The summed E-state index contributed by atoms with van der Waals surface area (Å²) in [7, 11) is 0. The highest BCUT2D eigenvalue weighted by atomic mass is 32.1. The number of aryl methyl sites for hydroxylation is 1. The third kappa shape index (κ3) is 6.11. The van der Waals surface area contributed by atoms with Crippen LogP contribution in [0.3, 0.4) is 0 Å². The van der Waals surface area contributed by atoms with Crippen LogP contribution in [-0.2, 0) is 19.3 Å². The van der Waals surface area contributed by atoms with E-state index in [1.165, 1.54) is 15.8 Å². The van der Waals surface area contributed by atoms with E-state index in [1.54, 1.807) is 11.3 Å². The SMILES string of the molecule is CCc1ccc2nc(Cc3cc(Cc4ccccc4)nc(NCCCCCO)n3)sc2c1. The van der Waals surface area contributed by atoms with Crippen LogP contribution in [0.15, 0.2) is 54.6 Å². The second-order valence-corrected chi connectivity index (χ2v) is 9.10. The van der Waals surface area contributed by atoms with Gasteiger partial charge in [0.2, 0.25) is 5.95 Å². The monoisotopic (exact) mass is 446 g/mol. The summed E-state index contributed by atoms with van der Waals surface area (Å²) in [5, 5.41) is 13.4. The van der Waals surface area contributed by atoms with Gasteiger partial charge in [-0.15, -0.1) is 11.3 Å². The van der Waals surface area contributed by atoms with E-state index in [1.807, 2.05) is 6.07 Å². The number of aliphatic hydroxyl groups excluding tert-OH is 1. The van der Waals surface area contributed by atoms with Gasteiger partial charge in [-0.1, -0.05) is 43.3 Å². The molecule has 5 nitrogen and oxygen atoms in total. The first kappa shape index (κ1) is 22.4. The number of aromatic nitrogens is 3. The molecular formula is C26H30N4OS. The van der Waals surface area contributed by atoms with Crippen LogP contribution in [-0.4, -0.2) is 33.2 Å². The minimum Gasteiger partial charge on any atom is -0.396 e. The van der Waals surface area contributed by atoms with Gasteiger partial charge in [0, 0.05) is 26.0 Å². The molecule has 4 rings (SSSR count). The van der Waals surface area contributed by atoms with Crippen molar-refractivity contribution in [1.29, 1.82) is 0 Å². The molecule has 32 heavy (non-hydrogen) atoms. The van der Waals surface area contributed by atoms with E-state index in [0.717, 1.165) is 60.6 Å². The Morgan fingerprint density at radius 2 is 1.66 bits per heavy atom. The molecule has 6 heteroatoms. The normalized spacial score (nSPS) is 11.2. The van der Waals surface area contributed by atoms with Gasteiger partial charge < -0.3 is 10.4 Å². The number of anilines is 1. The maximum absolute atomic E-state index is 8.97. The van der Waals surface area contributed by atoms with E-state index >= 15 is 0 Å². The summed E-state index contributed by atoms with van der Waals surface area (Å²) in [6.07, 6.45) is 5.31. The predicted octanol–water partition coefficient (Wildman–Crippen LogP) is 5.40. The van der Waals surface area contributed by atoms with Gasteiger partial charge in [0.05, 0.1) is 26.6 Å². The van der Waals surface area contributed by atoms with E-state index in [-0.39, 0.29) is 6.61 Å². The molecule has 0 unspecified atom stereocenters. The van der Waals surface area contributed by atoms with Gasteiger partial charge in [-0.25, -0.2) is 15.0 Å². The highest BCUT2D eigenvalue weighted by Gasteiger charge is 2.10. The maximum atomic E-state index is 8.97. The van der Waals surface area contributed by atoms with Crippen LogP contribution >= 0.6 is 11.3 Å². The first-order valence-corrected chi connectivity index (χ1v) is 12.2. The minimum atomic E-state index is 0.245. The van der Waals surface area contributed by atoms with Crippen molar-refractivity contribution in [3.05, 3.63) is 82.1 Å². The Labute approximate surface area is 193 Å². The van der Waals surface area contributed by atoms with Crippen LogP contribution in [0.25, 0.3) is 10.2 Å². The molecule has 0 saturated carbocycles. The van der Waals surface area contributed by atoms with Crippen molar-refractivity contribution in [2.45, 2.75) is 45.4 Å². The number of unbranched alkanes of at least 4 members (excludes halogenated alkanes) is 2. The van der Waals surface area contributed by atoms with Gasteiger partial charge >= 0.3 is 0 Å². The van der Waals surface area contributed by atoms with Crippen molar-refractivity contribution in [2.75, 3.05) is 18.5 Å². The molecule has 0 spiro atoms. The summed E-state index contributed by atoms with van der Waals surface area (Å²) >= 11 is 1.75. The highest BCUT2D eigenvalue weighted by molar-refractivity contribution is 7.18. The Hall–Kier alpha value is -2.83. The van der Waals surface area contributed by atoms with E-state index in [9.17, 15) is 0 Å². The minimum absolute atomic E-state index is 0.245. The molecule has 166 valence electrons. The smallest absolute Gasteiger partial charge is 0.223 e. The molecule has 0 bridgehead atoms. The van der Waals surface area contributed by atoms with Crippen LogP contribution in [0.2, 0.25) is 0 Å². The van der Waals surface area contributed by atoms with E-state index in [0.29, 0.717) is 12.4 Å². The summed E-state index contributed by atoms with van der Waals surface area (Å²) in [4.78, 5) is 14.4. The first-order valence-electron chi connectivity index (χ1n) is 11.4. The van der Waals surface area contributed by atoms with Crippen LogP contribution in [0.5, 0.6) is 0 Å².